The Hall–Kier alpha value is -0.510. The maximum Gasteiger partial charge on any atom is 0.0585 e. The van der Waals surface area contributed by atoms with Crippen LogP contribution in [0.25, 0.3) is 0 Å². The van der Waals surface area contributed by atoms with Crippen LogP contribution in [-0.2, 0) is 0 Å². The largest absolute Gasteiger partial charge is 0.395 e. The standard InChI is InChI=1S/C14H23NOS/c1-11(2)15-13(10-16)7-8-17-14-6-4-5-12(3)9-14/h4-6,9,11,13,15-16H,7-8,10H2,1-3H3. The van der Waals surface area contributed by atoms with Crippen LogP contribution in [0.4, 0.5) is 0 Å². The SMILES string of the molecule is Cc1cccc(SCCC(CO)NC(C)C)c1. The van der Waals surface area contributed by atoms with E-state index in [0.29, 0.717) is 6.04 Å². The minimum atomic E-state index is 0.215. The van der Waals surface area contributed by atoms with Gasteiger partial charge in [0.15, 0.2) is 0 Å². The number of rotatable bonds is 7. The highest BCUT2D eigenvalue weighted by molar-refractivity contribution is 7.99. The summed E-state index contributed by atoms with van der Waals surface area (Å²) in [6, 6.07) is 9.19. The van der Waals surface area contributed by atoms with Crippen molar-refractivity contribution in [3.8, 4) is 0 Å². The molecule has 0 radical (unpaired) electrons. The number of hydrogen-bond acceptors (Lipinski definition) is 3. The summed E-state index contributed by atoms with van der Waals surface area (Å²) in [5.41, 5.74) is 1.30. The summed E-state index contributed by atoms with van der Waals surface area (Å²) in [5.74, 6) is 1.04. The lowest BCUT2D eigenvalue weighted by atomic mass is 10.2. The summed E-state index contributed by atoms with van der Waals surface area (Å²) in [6.45, 7) is 6.54. The maximum atomic E-state index is 9.24. The van der Waals surface area contributed by atoms with Crippen molar-refractivity contribution in [1.82, 2.24) is 5.32 Å². The van der Waals surface area contributed by atoms with Gasteiger partial charge >= 0.3 is 0 Å². The summed E-state index contributed by atoms with van der Waals surface area (Å²) in [5, 5.41) is 12.6. The minimum Gasteiger partial charge on any atom is -0.395 e. The van der Waals surface area contributed by atoms with Crippen LogP contribution in [-0.4, -0.2) is 29.5 Å². The molecule has 1 atom stereocenters. The van der Waals surface area contributed by atoms with Crippen LogP contribution >= 0.6 is 11.8 Å². The average molecular weight is 253 g/mol. The topological polar surface area (TPSA) is 32.3 Å². The summed E-state index contributed by atoms with van der Waals surface area (Å²) >= 11 is 1.85. The summed E-state index contributed by atoms with van der Waals surface area (Å²) in [6.07, 6.45) is 0.993. The second-order valence-corrected chi connectivity index (χ2v) is 5.82. The molecule has 0 heterocycles. The number of aryl methyl sites for hydroxylation is 1. The normalized spacial score (nSPS) is 13.0. The maximum absolute atomic E-state index is 9.24. The summed E-state index contributed by atoms with van der Waals surface area (Å²) in [4.78, 5) is 1.31. The lowest BCUT2D eigenvalue weighted by molar-refractivity contribution is 0.232. The third-order valence-electron chi connectivity index (χ3n) is 2.51. The average Bonchev–Trinajstić information content (AvgIpc) is 2.27. The van der Waals surface area contributed by atoms with Crippen LogP contribution in [0.3, 0.4) is 0 Å². The number of thioether (sulfide) groups is 1. The van der Waals surface area contributed by atoms with E-state index in [0.717, 1.165) is 12.2 Å². The molecular weight excluding hydrogens is 230 g/mol. The molecule has 0 fully saturated rings. The first-order chi connectivity index (χ1) is 8.11. The van der Waals surface area contributed by atoms with Crippen LogP contribution in [0, 0.1) is 6.92 Å². The molecule has 1 aromatic carbocycles. The number of nitrogens with one attached hydrogen (secondary N) is 1. The highest BCUT2D eigenvalue weighted by Gasteiger charge is 2.08. The van der Waals surface area contributed by atoms with Crippen molar-refractivity contribution >= 4 is 11.8 Å². The van der Waals surface area contributed by atoms with Gasteiger partial charge in [0.2, 0.25) is 0 Å². The van der Waals surface area contributed by atoms with Crippen LogP contribution in [0.2, 0.25) is 0 Å². The molecule has 1 aromatic rings. The van der Waals surface area contributed by atoms with Crippen molar-refractivity contribution < 1.29 is 5.11 Å². The zero-order chi connectivity index (χ0) is 12.7. The van der Waals surface area contributed by atoms with Gasteiger partial charge in [0.05, 0.1) is 6.61 Å². The Morgan fingerprint density at radius 1 is 1.35 bits per heavy atom. The van der Waals surface area contributed by atoms with Crippen molar-refractivity contribution in [2.75, 3.05) is 12.4 Å². The molecule has 1 rings (SSSR count). The molecular formula is C14H23NOS. The Kier molecular flexibility index (Phi) is 6.63. The summed E-state index contributed by atoms with van der Waals surface area (Å²) < 4.78 is 0. The zero-order valence-electron chi connectivity index (χ0n) is 10.9. The van der Waals surface area contributed by atoms with Crippen molar-refractivity contribution in [1.29, 1.82) is 0 Å². The first kappa shape index (κ1) is 14.6. The van der Waals surface area contributed by atoms with Gasteiger partial charge in [-0.15, -0.1) is 11.8 Å². The van der Waals surface area contributed by atoms with E-state index in [1.807, 2.05) is 11.8 Å². The number of aliphatic hydroxyl groups excluding tert-OH is 1. The molecule has 2 N–H and O–H groups in total. The fraction of sp³-hybridized carbons (Fsp3) is 0.571. The molecule has 0 aliphatic rings. The first-order valence-electron chi connectivity index (χ1n) is 6.18. The van der Waals surface area contributed by atoms with Gasteiger partial charge in [-0.3, -0.25) is 0 Å². The molecule has 0 aromatic heterocycles. The molecule has 2 nitrogen and oxygen atoms in total. The fourth-order valence-electron chi connectivity index (χ4n) is 1.72. The fourth-order valence-corrected chi connectivity index (χ4v) is 2.80. The molecule has 0 spiro atoms. The smallest absolute Gasteiger partial charge is 0.0585 e. The van der Waals surface area contributed by atoms with Crippen molar-refractivity contribution in [3.05, 3.63) is 29.8 Å². The molecule has 0 amide bonds. The number of aliphatic hydroxyl groups is 1. The van der Waals surface area contributed by atoms with E-state index in [4.69, 9.17) is 0 Å². The van der Waals surface area contributed by atoms with Gasteiger partial charge < -0.3 is 10.4 Å². The van der Waals surface area contributed by atoms with Crippen molar-refractivity contribution in [3.63, 3.8) is 0 Å². The van der Waals surface area contributed by atoms with E-state index in [1.54, 1.807) is 0 Å². The summed E-state index contributed by atoms with van der Waals surface area (Å²) in [7, 11) is 0. The second kappa shape index (κ2) is 7.75. The molecule has 17 heavy (non-hydrogen) atoms. The van der Waals surface area contributed by atoms with Crippen LogP contribution in [0.5, 0.6) is 0 Å². The third kappa shape index (κ3) is 6.10. The highest BCUT2D eigenvalue weighted by Crippen LogP contribution is 2.20. The molecule has 1 unspecified atom stereocenters. The molecule has 0 bridgehead atoms. The van der Waals surface area contributed by atoms with Gasteiger partial charge in [0.1, 0.15) is 0 Å². The number of hydrogen-bond donors (Lipinski definition) is 2. The lowest BCUT2D eigenvalue weighted by Crippen LogP contribution is -2.37. The first-order valence-corrected chi connectivity index (χ1v) is 7.16. The molecule has 3 heteroatoms. The minimum absolute atomic E-state index is 0.215. The highest BCUT2D eigenvalue weighted by atomic mass is 32.2. The van der Waals surface area contributed by atoms with Crippen molar-refractivity contribution in [2.45, 2.75) is 44.2 Å². The predicted octanol–water partition coefficient (Wildman–Crippen LogP) is 2.84. The Morgan fingerprint density at radius 3 is 2.71 bits per heavy atom. The Labute approximate surface area is 109 Å². The second-order valence-electron chi connectivity index (χ2n) is 4.65. The Bertz CT molecular complexity index is 328. The van der Waals surface area contributed by atoms with E-state index in [-0.39, 0.29) is 12.6 Å². The van der Waals surface area contributed by atoms with Gasteiger partial charge in [-0.25, -0.2) is 0 Å². The molecule has 0 aliphatic carbocycles. The van der Waals surface area contributed by atoms with Crippen LogP contribution < -0.4 is 5.32 Å². The monoisotopic (exact) mass is 253 g/mol. The third-order valence-corrected chi connectivity index (χ3v) is 3.54. The van der Waals surface area contributed by atoms with Gasteiger partial charge in [-0.2, -0.15) is 0 Å². The molecule has 0 saturated carbocycles. The van der Waals surface area contributed by atoms with E-state index >= 15 is 0 Å². The molecule has 96 valence electrons. The Morgan fingerprint density at radius 2 is 2.12 bits per heavy atom. The van der Waals surface area contributed by atoms with Gasteiger partial charge in [-0.05, 0) is 31.2 Å². The zero-order valence-corrected chi connectivity index (χ0v) is 11.8. The van der Waals surface area contributed by atoms with Gasteiger partial charge in [0, 0.05) is 17.0 Å². The van der Waals surface area contributed by atoms with Gasteiger partial charge in [-0.1, -0.05) is 31.5 Å². The quantitative estimate of drug-likeness (QED) is 0.733. The van der Waals surface area contributed by atoms with Crippen molar-refractivity contribution in [2.24, 2.45) is 0 Å². The van der Waals surface area contributed by atoms with Gasteiger partial charge in [0.25, 0.3) is 0 Å². The molecule has 0 saturated heterocycles. The molecule has 0 aliphatic heterocycles. The van der Waals surface area contributed by atoms with E-state index in [1.165, 1.54) is 10.5 Å². The predicted molar refractivity (Wildman–Crippen MR) is 75.7 cm³/mol. The van der Waals surface area contributed by atoms with E-state index in [2.05, 4.69) is 50.4 Å². The Balaban J connectivity index is 2.31. The van der Waals surface area contributed by atoms with E-state index < -0.39 is 0 Å². The van der Waals surface area contributed by atoms with E-state index in [9.17, 15) is 5.11 Å². The van der Waals surface area contributed by atoms with Crippen LogP contribution in [0.15, 0.2) is 29.2 Å². The number of benzene rings is 1. The van der Waals surface area contributed by atoms with Crippen LogP contribution in [0.1, 0.15) is 25.8 Å². The lowest BCUT2D eigenvalue weighted by Gasteiger charge is -2.18.